The van der Waals surface area contributed by atoms with Gasteiger partial charge in [-0.25, -0.2) is 4.79 Å². The molecule has 0 radical (unpaired) electrons. The predicted octanol–water partition coefficient (Wildman–Crippen LogP) is 2.59. The van der Waals surface area contributed by atoms with Crippen molar-refractivity contribution in [3.8, 4) is 17.2 Å². The Morgan fingerprint density at radius 2 is 1.75 bits per heavy atom. The maximum absolute atomic E-state index is 12.8. The third-order valence-corrected chi connectivity index (χ3v) is 4.49. The number of anilines is 2. The molecule has 0 atom stereocenters. The van der Waals surface area contributed by atoms with Crippen LogP contribution >= 0.6 is 0 Å². The fourth-order valence-electron chi connectivity index (χ4n) is 3.07. The summed E-state index contributed by atoms with van der Waals surface area (Å²) in [6, 6.07) is 12.1. The van der Waals surface area contributed by atoms with Crippen molar-refractivity contribution in [2.45, 2.75) is 0 Å². The first-order valence-electron chi connectivity index (χ1n) is 8.78. The Balaban J connectivity index is 1.70. The third-order valence-electron chi connectivity index (χ3n) is 4.49. The van der Waals surface area contributed by atoms with E-state index < -0.39 is 0 Å². The lowest BCUT2D eigenvalue weighted by Gasteiger charge is -2.21. The van der Waals surface area contributed by atoms with E-state index in [-0.39, 0.29) is 18.5 Å². The molecule has 0 spiro atoms. The van der Waals surface area contributed by atoms with E-state index in [0.29, 0.717) is 41.7 Å². The highest BCUT2D eigenvalue weighted by Gasteiger charge is 2.32. The van der Waals surface area contributed by atoms with Gasteiger partial charge in [-0.1, -0.05) is 12.1 Å². The summed E-state index contributed by atoms with van der Waals surface area (Å²) in [7, 11) is 4.64. The van der Waals surface area contributed by atoms with E-state index in [1.165, 1.54) is 12.0 Å². The molecule has 1 aliphatic heterocycles. The van der Waals surface area contributed by atoms with Crippen LogP contribution < -0.4 is 24.4 Å². The molecule has 2 aromatic carbocycles. The molecule has 148 valence electrons. The summed E-state index contributed by atoms with van der Waals surface area (Å²) < 4.78 is 15.8. The molecule has 0 unspecified atom stereocenters. The van der Waals surface area contributed by atoms with Gasteiger partial charge in [0.1, 0.15) is 23.8 Å². The van der Waals surface area contributed by atoms with Gasteiger partial charge in [-0.2, -0.15) is 0 Å². The number of methoxy groups -OCH3 is 3. The van der Waals surface area contributed by atoms with E-state index in [1.54, 1.807) is 55.5 Å². The van der Waals surface area contributed by atoms with Gasteiger partial charge in [-0.05, 0) is 24.3 Å². The third kappa shape index (κ3) is 3.95. The van der Waals surface area contributed by atoms with Gasteiger partial charge in [0.15, 0.2) is 0 Å². The summed E-state index contributed by atoms with van der Waals surface area (Å²) in [4.78, 5) is 28.3. The summed E-state index contributed by atoms with van der Waals surface area (Å²) in [6.45, 7) is 0.822. The molecule has 1 heterocycles. The number of para-hydroxylation sites is 2. The number of nitrogens with zero attached hydrogens (tertiary/aromatic N) is 2. The first-order chi connectivity index (χ1) is 13.6. The number of rotatable bonds is 7. The second kappa shape index (κ2) is 8.51. The number of amides is 3. The molecule has 1 saturated heterocycles. The normalized spacial score (nSPS) is 13.5. The van der Waals surface area contributed by atoms with Crippen LogP contribution in [0.15, 0.2) is 42.5 Å². The second-order valence-corrected chi connectivity index (χ2v) is 6.14. The topological polar surface area (TPSA) is 80.3 Å². The largest absolute Gasteiger partial charge is 0.497 e. The van der Waals surface area contributed by atoms with Crippen molar-refractivity contribution in [2.24, 2.45) is 0 Å². The SMILES string of the molecule is COc1ccc(OC)c(N2CCN(CC(=O)Nc3ccccc3OC)C2=O)c1. The van der Waals surface area contributed by atoms with Gasteiger partial charge in [0.2, 0.25) is 5.91 Å². The molecule has 0 bridgehead atoms. The van der Waals surface area contributed by atoms with E-state index in [4.69, 9.17) is 14.2 Å². The van der Waals surface area contributed by atoms with Crippen LogP contribution in [-0.4, -0.2) is 57.8 Å². The van der Waals surface area contributed by atoms with Gasteiger partial charge in [0.05, 0.1) is 32.7 Å². The summed E-state index contributed by atoms with van der Waals surface area (Å²) in [5.74, 6) is 1.45. The highest BCUT2D eigenvalue weighted by Crippen LogP contribution is 2.34. The van der Waals surface area contributed by atoms with Gasteiger partial charge >= 0.3 is 6.03 Å². The average Bonchev–Trinajstić information content (AvgIpc) is 3.07. The van der Waals surface area contributed by atoms with Crippen LogP contribution in [0.25, 0.3) is 0 Å². The number of nitrogens with one attached hydrogen (secondary N) is 1. The smallest absolute Gasteiger partial charge is 0.325 e. The Kier molecular flexibility index (Phi) is 5.88. The van der Waals surface area contributed by atoms with E-state index in [2.05, 4.69) is 5.32 Å². The Bertz CT molecular complexity index is 871. The Hall–Kier alpha value is -3.42. The molecular weight excluding hydrogens is 362 g/mol. The van der Waals surface area contributed by atoms with Crippen LogP contribution in [0.4, 0.5) is 16.2 Å². The van der Waals surface area contributed by atoms with E-state index in [1.807, 2.05) is 6.07 Å². The van der Waals surface area contributed by atoms with E-state index in [9.17, 15) is 9.59 Å². The molecule has 28 heavy (non-hydrogen) atoms. The number of ether oxygens (including phenoxy) is 3. The van der Waals surface area contributed by atoms with Crippen LogP contribution in [0.2, 0.25) is 0 Å². The maximum Gasteiger partial charge on any atom is 0.325 e. The van der Waals surface area contributed by atoms with Crippen LogP contribution in [-0.2, 0) is 4.79 Å². The lowest BCUT2D eigenvalue weighted by molar-refractivity contribution is -0.116. The summed E-state index contributed by atoms with van der Waals surface area (Å²) in [6.07, 6.45) is 0. The van der Waals surface area contributed by atoms with Gasteiger partial charge in [-0.3, -0.25) is 9.69 Å². The standard InChI is InChI=1S/C20H23N3O5/c1-26-14-8-9-18(28-3)16(12-14)23-11-10-22(20(23)25)13-19(24)21-15-6-4-5-7-17(15)27-2/h4-9,12H,10-11,13H2,1-3H3,(H,21,24). The second-order valence-electron chi connectivity index (χ2n) is 6.14. The minimum absolute atomic E-state index is 0.0559. The van der Waals surface area contributed by atoms with Gasteiger partial charge in [0.25, 0.3) is 0 Å². The number of carbonyl (C=O) groups excluding carboxylic acids is 2. The number of hydrogen-bond donors (Lipinski definition) is 1. The molecule has 2 aromatic rings. The highest BCUT2D eigenvalue weighted by molar-refractivity contribution is 6.00. The fraction of sp³-hybridized carbons (Fsp3) is 0.300. The summed E-state index contributed by atoms with van der Waals surface area (Å²) >= 11 is 0. The molecule has 3 rings (SSSR count). The molecule has 0 saturated carbocycles. The van der Waals surface area contributed by atoms with Crippen LogP contribution in [0.5, 0.6) is 17.2 Å². The number of carbonyl (C=O) groups is 2. The van der Waals surface area contributed by atoms with Crippen LogP contribution in [0, 0.1) is 0 Å². The lowest BCUT2D eigenvalue weighted by Crippen LogP contribution is -2.37. The lowest BCUT2D eigenvalue weighted by atomic mass is 10.2. The van der Waals surface area contributed by atoms with Crippen LogP contribution in [0.3, 0.4) is 0 Å². The van der Waals surface area contributed by atoms with E-state index >= 15 is 0 Å². The molecule has 0 aliphatic carbocycles. The van der Waals surface area contributed by atoms with Crippen molar-refractivity contribution in [1.29, 1.82) is 0 Å². The van der Waals surface area contributed by atoms with Crippen LogP contribution in [0.1, 0.15) is 0 Å². The van der Waals surface area contributed by atoms with Gasteiger partial charge in [0, 0.05) is 19.2 Å². The number of urea groups is 1. The van der Waals surface area contributed by atoms with Crippen molar-refractivity contribution in [3.05, 3.63) is 42.5 Å². The van der Waals surface area contributed by atoms with Gasteiger partial charge in [-0.15, -0.1) is 0 Å². The minimum atomic E-state index is -0.294. The minimum Gasteiger partial charge on any atom is -0.497 e. The fourth-order valence-corrected chi connectivity index (χ4v) is 3.07. The van der Waals surface area contributed by atoms with Crippen molar-refractivity contribution in [2.75, 3.05) is 51.2 Å². The Labute approximate surface area is 163 Å². The van der Waals surface area contributed by atoms with Crippen molar-refractivity contribution < 1.29 is 23.8 Å². The molecule has 1 N–H and O–H groups in total. The average molecular weight is 385 g/mol. The molecule has 8 nitrogen and oxygen atoms in total. The Morgan fingerprint density at radius 1 is 1.00 bits per heavy atom. The first kappa shape index (κ1) is 19.3. The Morgan fingerprint density at radius 3 is 2.46 bits per heavy atom. The monoisotopic (exact) mass is 385 g/mol. The number of hydrogen-bond acceptors (Lipinski definition) is 5. The molecule has 0 aromatic heterocycles. The molecular formula is C20H23N3O5. The maximum atomic E-state index is 12.8. The quantitative estimate of drug-likeness (QED) is 0.792. The highest BCUT2D eigenvalue weighted by atomic mass is 16.5. The first-order valence-corrected chi connectivity index (χ1v) is 8.78. The summed E-state index contributed by atoms with van der Waals surface area (Å²) in [5.41, 5.74) is 1.17. The molecule has 1 aliphatic rings. The number of benzene rings is 2. The molecule has 8 heteroatoms. The zero-order valence-electron chi connectivity index (χ0n) is 16.1. The zero-order valence-corrected chi connectivity index (χ0v) is 16.1. The predicted molar refractivity (Wildman–Crippen MR) is 105 cm³/mol. The molecule has 1 fully saturated rings. The van der Waals surface area contributed by atoms with Crippen molar-refractivity contribution in [1.82, 2.24) is 4.90 Å². The molecule has 3 amide bonds. The van der Waals surface area contributed by atoms with Gasteiger partial charge < -0.3 is 24.4 Å². The summed E-state index contributed by atoms with van der Waals surface area (Å²) in [5, 5.41) is 2.78. The zero-order chi connectivity index (χ0) is 20.1. The van der Waals surface area contributed by atoms with Crippen molar-refractivity contribution >= 4 is 23.3 Å². The van der Waals surface area contributed by atoms with Crippen molar-refractivity contribution in [3.63, 3.8) is 0 Å². The van der Waals surface area contributed by atoms with E-state index in [0.717, 1.165) is 0 Å².